The van der Waals surface area contributed by atoms with Crippen molar-refractivity contribution in [3.63, 3.8) is 0 Å². The lowest BCUT2D eigenvalue weighted by atomic mass is 9.93. The quantitative estimate of drug-likeness (QED) is 0.0438. The van der Waals surface area contributed by atoms with Crippen molar-refractivity contribution in [3.05, 3.63) is 229 Å². The minimum Gasteiger partial charge on any atom is -0.383 e. The van der Waals surface area contributed by atoms with E-state index in [9.17, 15) is 14.4 Å². The lowest BCUT2D eigenvalue weighted by Crippen LogP contribution is -2.45. The molecule has 9 N–H and O–H groups in total. The normalized spacial score (nSPS) is 13.7. The first kappa shape index (κ1) is 82.2. The minimum absolute atomic E-state index is 0.123. The Bertz CT molecular complexity index is 6140. The summed E-state index contributed by atoms with van der Waals surface area (Å²) in [4.78, 5) is 73.7. The average molecular weight is 1630 g/mol. The Hall–Kier alpha value is -13.9. The van der Waals surface area contributed by atoms with Crippen molar-refractivity contribution in [1.82, 2.24) is 89.4 Å². The number of nitrogens with one attached hydrogen (secondary N) is 3. The number of aromatic nitrogens is 15. The fourth-order valence-electron chi connectivity index (χ4n) is 14.3. The molecule has 15 aromatic rings. The third kappa shape index (κ3) is 19.1. The Labute approximate surface area is 699 Å². The molecule has 0 unspecified atom stereocenters. The monoisotopic (exact) mass is 1630 g/mol. The Morgan fingerprint density at radius 1 is 0.388 bits per heavy atom. The van der Waals surface area contributed by atoms with Gasteiger partial charge >= 0.3 is 0 Å². The van der Waals surface area contributed by atoms with Crippen LogP contribution in [-0.4, -0.2) is 173 Å². The molecule has 0 radical (unpaired) electrons. The largest absolute Gasteiger partial charge is 0.383 e. The number of carbonyl (C=O) groups is 3. The number of nitrogens with two attached hydrogens (primary N) is 3. The van der Waals surface area contributed by atoms with Crippen molar-refractivity contribution < 1.29 is 28.0 Å². The molecule has 31 heteroatoms. The van der Waals surface area contributed by atoms with Crippen LogP contribution < -0.4 is 38.1 Å². The van der Waals surface area contributed by atoms with Gasteiger partial charge in [-0.25, -0.2) is 43.9 Å². The summed E-state index contributed by atoms with van der Waals surface area (Å²) in [5.41, 5.74) is 33.7. The molecule has 11 heterocycles. The molecule has 121 heavy (non-hydrogen) atoms. The Kier molecular flexibility index (Phi) is 23.7. The second-order valence-corrected chi connectivity index (χ2v) is 33.4. The maximum absolute atomic E-state index is 12.7. The zero-order valence-corrected chi connectivity index (χ0v) is 69.8. The van der Waals surface area contributed by atoms with Crippen LogP contribution in [0.5, 0.6) is 0 Å². The molecule has 620 valence electrons. The van der Waals surface area contributed by atoms with Crippen LogP contribution >= 0.6 is 0 Å². The van der Waals surface area contributed by atoms with Gasteiger partial charge in [0.1, 0.15) is 70.8 Å². The van der Waals surface area contributed by atoms with Gasteiger partial charge in [0.25, 0.3) is 0 Å². The van der Waals surface area contributed by atoms with E-state index in [4.69, 9.17) is 46.1 Å². The highest BCUT2D eigenvalue weighted by atomic mass is 16.5. The number of nitrogens with zero attached hydrogens (tertiary/aromatic N) is 19. The van der Waals surface area contributed by atoms with Crippen LogP contribution in [0.3, 0.4) is 0 Å². The molecule has 6 aromatic carbocycles. The Morgan fingerprint density at radius 2 is 0.711 bits per heavy atom. The van der Waals surface area contributed by atoms with Gasteiger partial charge in [-0.05, 0) is 104 Å². The van der Waals surface area contributed by atoms with Crippen LogP contribution in [0.25, 0.3) is 83.9 Å². The van der Waals surface area contributed by atoms with Gasteiger partial charge < -0.3 is 61.4 Å². The van der Waals surface area contributed by atoms with E-state index in [-0.39, 0.29) is 53.2 Å². The number of hydrogen-bond acceptors (Lipinski definition) is 25. The average Bonchev–Trinajstić information content (AvgIpc) is 1.62. The molecule has 0 bridgehead atoms. The molecule has 31 nitrogen and oxygen atoms in total. The van der Waals surface area contributed by atoms with Gasteiger partial charge in [-0.1, -0.05) is 151 Å². The number of likely N-dealkylation sites (N-methyl/N-ethyl adjacent to an activating group) is 2. The molecule has 2 aliphatic rings. The number of hydrogen-bond donors (Lipinski definition) is 6. The molecule has 17 rings (SSSR count). The molecule has 2 fully saturated rings. The van der Waals surface area contributed by atoms with Gasteiger partial charge in [-0.15, -0.1) is 0 Å². The highest BCUT2D eigenvalue weighted by Gasteiger charge is 2.28. The molecule has 0 aliphatic carbocycles. The second-order valence-electron chi connectivity index (χ2n) is 33.4. The van der Waals surface area contributed by atoms with Crippen LogP contribution in [0.4, 0.5) is 40.2 Å². The highest BCUT2D eigenvalue weighted by molar-refractivity contribution is 6.02. The molecule has 2 saturated heterocycles. The van der Waals surface area contributed by atoms with Crippen LogP contribution in [0.1, 0.15) is 109 Å². The van der Waals surface area contributed by atoms with Crippen molar-refractivity contribution in [2.45, 2.75) is 111 Å². The summed E-state index contributed by atoms with van der Waals surface area (Å²) >= 11 is 0. The number of piperazine rings is 2. The predicted molar refractivity (Wildman–Crippen MR) is 469 cm³/mol. The van der Waals surface area contributed by atoms with Crippen LogP contribution in [-0.2, 0) is 56.4 Å². The maximum atomic E-state index is 12.7. The number of nitrogen functional groups attached to an aromatic ring is 3. The topological polar surface area (TPSA) is 387 Å². The Balaban J connectivity index is 0.000000142. The van der Waals surface area contributed by atoms with Crippen LogP contribution in [0.2, 0.25) is 0 Å². The second kappa shape index (κ2) is 35.0. The molecular weight excluding hydrogens is 1530 g/mol. The summed E-state index contributed by atoms with van der Waals surface area (Å²) in [5, 5.41) is 37.6. The zero-order valence-electron chi connectivity index (χ0n) is 69.8. The van der Waals surface area contributed by atoms with Crippen molar-refractivity contribution in [3.8, 4) is 50.8 Å². The number of rotatable bonds is 19. The third-order valence-corrected chi connectivity index (χ3v) is 21.2. The van der Waals surface area contributed by atoms with E-state index in [0.29, 0.717) is 96.1 Å². The van der Waals surface area contributed by atoms with E-state index >= 15 is 0 Å². The smallest absolute Gasteiger partial charge is 0.230 e. The van der Waals surface area contributed by atoms with E-state index in [1.54, 1.807) is 14.0 Å². The minimum atomic E-state index is -0.178. The lowest BCUT2D eigenvalue weighted by molar-refractivity contribution is -0.116. The summed E-state index contributed by atoms with van der Waals surface area (Å²) in [6, 6.07) is 54.4. The number of amides is 3. The highest BCUT2D eigenvalue weighted by Crippen LogP contribution is 2.37. The lowest BCUT2D eigenvalue weighted by Gasteiger charge is -2.34. The van der Waals surface area contributed by atoms with Crippen LogP contribution in [0, 0.1) is 0 Å². The van der Waals surface area contributed by atoms with Gasteiger partial charge in [0.2, 0.25) is 17.7 Å². The van der Waals surface area contributed by atoms with Gasteiger partial charge in [-0.3, -0.25) is 19.3 Å². The number of benzene rings is 6. The van der Waals surface area contributed by atoms with E-state index in [1.807, 2.05) is 184 Å². The number of fused-ring (bicyclic) bond motifs is 3. The first-order valence-corrected chi connectivity index (χ1v) is 40.3. The van der Waals surface area contributed by atoms with Crippen molar-refractivity contribution >= 4 is 91.0 Å². The number of anilines is 7. The van der Waals surface area contributed by atoms with Gasteiger partial charge in [0.15, 0.2) is 16.9 Å². The molecule has 0 atom stereocenters. The fraction of sp³-hybridized carbons (Fsp3) is 0.300. The summed E-state index contributed by atoms with van der Waals surface area (Å²) in [7, 11) is 2.15. The molecule has 0 spiro atoms. The SMILES string of the molecule is CC(C)(C)c1cc(CC(=O)Nc2ccc(-n3nc(-c4ccccc4)c4c(N)ncnc43)cc2)no1.CCN1CCN(Cc2ccc(-c3nn(-c4ccc(NC(=O)Cc5cc(C(C)(C)C)on5)cc4)c4ncnc(N)c34)cc2)CC1.CN1CCN(c2ccc(-c3nn(-c4ccc(NC(=O)Cc5cc(C(C)(C)C)on5)cc4)c4ncnc(N)c34)cc2)CC1. The first-order chi connectivity index (χ1) is 58.1. The van der Waals surface area contributed by atoms with E-state index < -0.39 is 0 Å². The van der Waals surface area contributed by atoms with E-state index in [1.165, 1.54) is 30.2 Å². The standard InChI is InChI=1S/C33H39N9O2.C31H35N9O2.C26H25N7O2/c1-5-40-14-16-41(17-15-40)20-22-6-8-23(9-7-22)30-29-31(34)35-21-36-32(29)42(38-30)26-12-10-24(11-13-26)37-28(43)19-25-18-27(44-39-25)33(2,3)4;1-31(2,3)25-17-22(37-42-25)18-26(41)35-21-7-11-24(12-8-21)40-30-27(29(32)33-19-34-30)28(36-40)20-5-9-23(10-6-20)39-15-13-38(4)14-16-39;1-26(2,3)20-13-18(32-35-20)14-21(34)30-17-9-11-19(12-10-17)33-25-22(24(27)28-15-29-25)23(31-33)16-7-5-4-6-8-16/h6-13,18,21H,5,14-17,19-20H2,1-4H3,(H,37,43)(H2,34,35,36);5-12,17,19H,13-16,18H2,1-4H3,(H,35,41)(H2,32,33,34);4-13,15H,14H2,1-3H3,(H,30,34)(H2,27,28,29). The van der Waals surface area contributed by atoms with E-state index in [0.717, 1.165) is 122 Å². The molecule has 3 amide bonds. The van der Waals surface area contributed by atoms with Gasteiger partial charge in [0.05, 0.1) is 69.6 Å². The van der Waals surface area contributed by atoms with Gasteiger partial charge in [-0.2, -0.15) is 15.3 Å². The van der Waals surface area contributed by atoms with Crippen molar-refractivity contribution in [1.29, 1.82) is 0 Å². The summed E-state index contributed by atoms with van der Waals surface area (Å²) in [6.07, 6.45) is 4.69. The van der Waals surface area contributed by atoms with Crippen molar-refractivity contribution in [2.75, 3.05) is 104 Å². The maximum Gasteiger partial charge on any atom is 0.230 e. The summed E-state index contributed by atoms with van der Waals surface area (Å²) < 4.78 is 21.4. The zero-order chi connectivity index (χ0) is 84.9. The summed E-state index contributed by atoms with van der Waals surface area (Å²) in [5.74, 6) is 2.82. The van der Waals surface area contributed by atoms with Gasteiger partial charge in [0, 0.05) is 133 Å². The first-order valence-electron chi connectivity index (χ1n) is 40.3. The third-order valence-electron chi connectivity index (χ3n) is 21.2. The molecule has 0 saturated carbocycles. The van der Waals surface area contributed by atoms with E-state index in [2.05, 4.69) is 143 Å². The Morgan fingerprint density at radius 3 is 1.04 bits per heavy atom. The summed E-state index contributed by atoms with van der Waals surface area (Å²) in [6.45, 7) is 31.1. The molecule has 9 aromatic heterocycles. The fourth-order valence-corrected chi connectivity index (χ4v) is 14.3. The number of carbonyl (C=O) groups excluding carboxylic acids is 3. The van der Waals surface area contributed by atoms with Crippen LogP contribution in [0.15, 0.2) is 202 Å². The molecular formula is C90H99N25O6. The predicted octanol–water partition coefficient (Wildman–Crippen LogP) is 13.5. The molecule has 2 aliphatic heterocycles. The van der Waals surface area contributed by atoms with Crippen molar-refractivity contribution in [2.24, 2.45) is 0 Å².